The van der Waals surface area contributed by atoms with Crippen molar-refractivity contribution in [3.05, 3.63) is 12.0 Å². The zero-order valence-corrected chi connectivity index (χ0v) is 8.78. The van der Waals surface area contributed by atoms with Crippen LogP contribution in [0.25, 0.3) is 0 Å². The van der Waals surface area contributed by atoms with E-state index in [1.807, 2.05) is 6.92 Å². The summed E-state index contributed by atoms with van der Waals surface area (Å²) < 4.78 is 9.09. The number of aliphatic hydroxyl groups is 1. The van der Waals surface area contributed by atoms with Gasteiger partial charge in [0.1, 0.15) is 0 Å². The Balaban J connectivity index is 3.96. The monoisotopic (exact) mass is 217 g/mol. The molecule has 0 spiro atoms. The molecule has 0 unspecified atom stereocenters. The van der Waals surface area contributed by atoms with E-state index in [1.54, 1.807) is 6.92 Å². The van der Waals surface area contributed by atoms with Gasteiger partial charge in [0.15, 0.2) is 0 Å². The van der Waals surface area contributed by atoms with Crippen LogP contribution in [0.2, 0.25) is 0 Å². The molecule has 6 heteroatoms. The van der Waals surface area contributed by atoms with Crippen molar-refractivity contribution in [3.8, 4) is 0 Å². The number of ether oxygens (including phenoxy) is 2. The summed E-state index contributed by atoms with van der Waals surface area (Å²) in [6.07, 6.45) is 0.743. The van der Waals surface area contributed by atoms with Crippen molar-refractivity contribution in [2.75, 3.05) is 13.2 Å². The minimum Gasteiger partial charge on any atom is -0.501 e. The van der Waals surface area contributed by atoms with E-state index < -0.39 is 17.8 Å². The van der Waals surface area contributed by atoms with Crippen LogP contribution in [-0.2, 0) is 14.3 Å². The van der Waals surface area contributed by atoms with E-state index in [9.17, 15) is 9.59 Å². The molecule has 0 rings (SSSR count). The molecule has 0 heterocycles. The Kier molecular flexibility index (Phi) is 6.78. The van der Waals surface area contributed by atoms with Crippen LogP contribution in [0.1, 0.15) is 20.3 Å². The number of carbonyl (C=O) groups excluding carboxylic acids is 2. The van der Waals surface area contributed by atoms with E-state index in [2.05, 4.69) is 14.8 Å². The van der Waals surface area contributed by atoms with Crippen molar-refractivity contribution in [2.24, 2.45) is 0 Å². The predicted octanol–water partition coefficient (Wildman–Crippen LogP) is 1.09. The number of carbonyl (C=O) groups is 2. The number of nitrogens with one attached hydrogen (secondary N) is 1. The molecule has 0 aliphatic rings. The maximum atomic E-state index is 10.9. The highest BCUT2D eigenvalue weighted by Gasteiger charge is 2.09. The third-order valence-corrected chi connectivity index (χ3v) is 1.25. The Labute approximate surface area is 87.9 Å². The fourth-order valence-electron chi connectivity index (χ4n) is 0.628. The molecule has 0 aliphatic carbocycles. The average molecular weight is 217 g/mol. The van der Waals surface area contributed by atoms with Gasteiger partial charge in [-0.3, -0.25) is 5.32 Å². The van der Waals surface area contributed by atoms with Crippen LogP contribution in [0.15, 0.2) is 12.0 Å². The first-order chi connectivity index (χ1) is 7.11. The fourth-order valence-corrected chi connectivity index (χ4v) is 0.628. The molecule has 0 saturated carbocycles. The van der Waals surface area contributed by atoms with Crippen LogP contribution in [0.4, 0.5) is 4.79 Å². The molecule has 6 nitrogen and oxygen atoms in total. The number of aliphatic hydroxyl groups excluding tert-OH is 1. The molecular formula is C9H15NO5. The van der Waals surface area contributed by atoms with Crippen molar-refractivity contribution >= 4 is 12.1 Å². The standard InChI is InChI=1S/C9H15NO5/c1-3-5-15-8(12)7(11)6-10-9(13)14-4-2/h6,11H,3-5H2,1-2H3,(H,10,13). The van der Waals surface area contributed by atoms with Crippen LogP contribution in [0.3, 0.4) is 0 Å². The third kappa shape index (κ3) is 6.36. The predicted molar refractivity (Wildman–Crippen MR) is 52.1 cm³/mol. The first-order valence-corrected chi connectivity index (χ1v) is 4.61. The molecular weight excluding hydrogens is 202 g/mol. The van der Waals surface area contributed by atoms with Gasteiger partial charge in [-0.2, -0.15) is 0 Å². The Morgan fingerprint density at radius 3 is 2.53 bits per heavy atom. The molecule has 1 amide bonds. The van der Waals surface area contributed by atoms with Crippen molar-refractivity contribution in [1.29, 1.82) is 0 Å². The van der Waals surface area contributed by atoms with Gasteiger partial charge in [0.2, 0.25) is 5.76 Å². The van der Waals surface area contributed by atoms with Crippen LogP contribution in [0, 0.1) is 0 Å². The van der Waals surface area contributed by atoms with Gasteiger partial charge < -0.3 is 14.6 Å². The van der Waals surface area contributed by atoms with Gasteiger partial charge in [0, 0.05) is 0 Å². The van der Waals surface area contributed by atoms with Crippen molar-refractivity contribution in [3.63, 3.8) is 0 Å². The van der Waals surface area contributed by atoms with E-state index in [1.165, 1.54) is 0 Å². The quantitative estimate of drug-likeness (QED) is 0.409. The minimum atomic E-state index is -0.881. The summed E-state index contributed by atoms with van der Waals surface area (Å²) in [6.45, 7) is 3.89. The normalized spacial score (nSPS) is 10.7. The van der Waals surface area contributed by atoms with Crippen LogP contribution < -0.4 is 5.32 Å². The van der Waals surface area contributed by atoms with E-state index >= 15 is 0 Å². The fraction of sp³-hybridized carbons (Fsp3) is 0.556. The number of rotatable bonds is 5. The minimum absolute atomic E-state index is 0.209. The van der Waals surface area contributed by atoms with Gasteiger partial charge in [-0.25, -0.2) is 9.59 Å². The molecule has 0 fully saturated rings. The number of alkyl carbamates (subject to hydrolysis) is 1. The molecule has 0 bridgehead atoms. The number of hydrogen-bond donors (Lipinski definition) is 2. The van der Waals surface area contributed by atoms with Gasteiger partial charge in [0.25, 0.3) is 0 Å². The zero-order chi connectivity index (χ0) is 11.7. The summed E-state index contributed by atoms with van der Waals surface area (Å²) in [5.41, 5.74) is 0. The molecule has 15 heavy (non-hydrogen) atoms. The van der Waals surface area contributed by atoms with E-state index in [0.29, 0.717) is 6.42 Å². The highest BCUT2D eigenvalue weighted by Crippen LogP contribution is 1.93. The number of esters is 1. The van der Waals surface area contributed by atoms with Crippen LogP contribution in [0.5, 0.6) is 0 Å². The second kappa shape index (κ2) is 7.66. The summed E-state index contributed by atoms with van der Waals surface area (Å²) in [4.78, 5) is 21.7. The largest absolute Gasteiger partial charge is 0.501 e. The summed E-state index contributed by atoms with van der Waals surface area (Å²) in [5, 5.41) is 11.1. The summed E-state index contributed by atoms with van der Waals surface area (Å²) in [5.74, 6) is -1.55. The Morgan fingerprint density at radius 2 is 2.00 bits per heavy atom. The van der Waals surface area contributed by atoms with Gasteiger partial charge in [-0.1, -0.05) is 6.92 Å². The first kappa shape index (κ1) is 13.3. The second-order valence-corrected chi connectivity index (χ2v) is 2.53. The topological polar surface area (TPSA) is 84.9 Å². The molecule has 0 atom stereocenters. The van der Waals surface area contributed by atoms with E-state index in [0.717, 1.165) is 6.20 Å². The first-order valence-electron chi connectivity index (χ1n) is 4.61. The lowest BCUT2D eigenvalue weighted by Crippen LogP contribution is -2.20. The SMILES string of the molecule is CCCOC(=O)C(O)=CNC(=O)OCC. The molecule has 0 saturated heterocycles. The smallest absolute Gasteiger partial charge is 0.411 e. The molecule has 0 aromatic heterocycles. The molecule has 0 aromatic carbocycles. The molecule has 0 aromatic rings. The Hall–Kier alpha value is -1.72. The van der Waals surface area contributed by atoms with E-state index in [4.69, 9.17) is 5.11 Å². The summed E-state index contributed by atoms with van der Waals surface area (Å²) >= 11 is 0. The van der Waals surface area contributed by atoms with Crippen LogP contribution >= 0.6 is 0 Å². The lowest BCUT2D eigenvalue weighted by atomic mass is 10.5. The highest BCUT2D eigenvalue weighted by molar-refractivity contribution is 5.86. The van der Waals surface area contributed by atoms with Crippen molar-refractivity contribution < 1.29 is 24.2 Å². The maximum absolute atomic E-state index is 10.9. The van der Waals surface area contributed by atoms with Crippen molar-refractivity contribution in [2.45, 2.75) is 20.3 Å². The number of amides is 1. The second-order valence-electron chi connectivity index (χ2n) is 2.53. The van der Waals surface area contributed by atoms with Crippen LogP contribution in [-0.4, -0.2) is 30.4 Å². The highest BCUT2D eigenvalue weighted by atomic mass is 16.6. The lowest BCUT2D eigenvalue weighted by Gasteiger charge is -2.02. The molecule has 0 radical (unpaired) electrons. The number of hydrogen-bond acceptors (Lipinski definition) is 5. The third-order valence-electron chi connectivity index (χ3n) is 1.25. The maximum Gasteiger partial charge on any atom is 0.411 e. The molecule has 86 valence electrons. The Bertz CT molecular complexity index is 249. The van der Waals surface area contributed by atoms with Gasteiger partial charge >= 0.3 is 12.1 Å². The summed E-state index contributed by atoms with van der Waals surface area (Å²) in [6, 6.07) is 0. The zero-order valence-electron chi connectivity index (χ0n) is 8.78. The Morgan fingerprint density at radius 1 is 1.33 bits per heavy atom. The van der Waals surface area contributed by atoms with Gasteiger partial charge in [-0.05, 0) is 13.3 Å². The van der Waals surface area contributed by atoms with Crippen molar-refractivity contribution in [1.82, 2.24) is 5.32 Å². The molecule has 0 aliphatic heterocycles. The lowest BCUT2D eigenvalue weighted by molar-refractivity contribution is -0.142. The van der Waals surface area contributed by atoms with E-state index in [-0.39, 0.29) is 13.2 Å². The van der Waals surface area contributed by atoms with Gasteiger partial charge in [-0.15, -0.1) is 0 Å². The molecule has 2 N–H and O–H groups in total. The van der Waals surface area contributed by atoms with Gasteiger partial charge in [0.05, 0.1) is 19.4 Å². The average Bonchev–Trinajstić information content (AvgIpc) is 2.22. The summed E-state index contributed by atoms with van der Waals surface area (Å²) in [7, 11) is 0.